The lowest BCUT2D eigenvalue weighted by Gasteiger charge is -2.71. The smallest absolute Gasteiger partial charge is 0.231 e. The molecule has 0 saturated heterocycles. The second-order valence-electron chi connectivity index (χ2n) is 16.3. The van der Waals surface area contributed by atoms with Crippen molar-refractivity contribution in [1.82, 2.24) is 0 Å². The molecule has 242 valence electrons. The van der Waals surface area contributed by atoms with Crippen molar-refractivity contribution >= 4 is 17.4 Å². The van der Waals surface area contributed by atoms with Crippen LogP contribution in [0.5, 0.6) is 5.75 Å². The Morgan fingerprint density at radius 1 is 1.02 bits per heavy atom. The molecule has 1 amide bonds. The summed E-state index contributed by atoms with van der Waals surface area (Å²) in [6.45, 7) is 13.0. The normalized spacial score (nSPS) is 48.2. The second-order valence-corrected chi connectivity index (χ2v) is 16.3. The van der Waals surface area contributed by atoms with Crippen LogP contribution in [0, 0.1) is 56.7 Å². The van der Waals surface area contributed by atoms with Gasteiger partial charge in [0.05, 0.1) is 37.0 Å². The van der Waals surface area contributed by atoms with Crippen molar-refractivity contribution in [2.45, 2.75) is 98.7 Å². The summed E-state index contributed by atoms with van der Waals surface area (Å²) in [5.41, 5.74) is -0.959. The fourth-order valence-corrected chi connectivity index (χ4v) is 11.9. The van der Waals surface area contributed by atoms with E-state index in [1.54, 1.807) is 7.11 Å². The Kier molecular flexibility index (Phi) is 7.50. The fraction of sp³-hybridized carbons (Fsp3) is 0.730. The van der Waals surface area contributed by atoms with Crippen molar-refractivity contribution in [3.05, 3.63) is 35.9 Å². The van der Waals surface area contributed by atoms with Gasteiger partial charge >= 0.3 is 0 Å². The molecule has 6 rings (SSSR count). The minimum Gasteiger partial charge on any atom is -0.495 e. The average Bonchev–Trinajstić information content (AvgIpc) is 2.98. The number of aliphatic hydroxyl groups is 3. The van der Waals surface area contributed by atoms with E-state index in [-0.39, 0.29) is 52.8 Å². The number of allylic oxidation sites excluding steroid dienone is 2. The first kappa shape index (κ1) is 31.7. The number of ketones is 1. The maximum atomic E-state index is 14.7. The van der Waals surface area contributed by atoms with E-state index in [4.69, 9.17) is 4.74 Å². The van der Waals surface area contributed by atoms with Crippen molar-refractivity contribution in [2.75, 3.05) is 19.0 Å². The van der Waals surface area contributed by atoms with Gasteiger partial charge in [-0.3, -0.25) is 9.59 Å². The number of carbonyl (C=O) groups excluding carboxylic acids is 2. The molecule has 5 aliphatic rings. The number of benzene rings is 1. The van der Waals surface area contributed by atoms with Crippen LogP contribution in [0.1, 0.15) is 86.5 Å². The molecule has 0 unspecified atom stereocenters. The zero-order valence-corrected chi connectivity index (χ0v) is 27.7. The van der Waals surface area contributed by atoms with Crippen molar-refractivity contribution in [3.8, 4) is 5.75 Å². The number of rotatable bonds is 4. The zero-order valence-electron chi connectivity index (χ0n) is 27.7. The Hall–Kier alpha value is -2.22. The van der Waals surface area contributed by atoms with Crippen LogP contribution in [0.2, 0.25) is 0 Å². The van der Waals surface area contributed by atoms with Crippen LogP contribution in [0.4, 0.5) is 5.69 Å². The zero-order chi connectivity index (χ0) is 32.0. The van der Waals surface area contributed by atoms with Crippen molar-refractivity contribution < 1.29 is 29.6 Å². The van der Waals surface area contributed by atoms with Crippen molar-refractivity contribution in [2.24, 2.45) is 56.7 Å². The molecule has 1 aromatic carbocycles. The first-order valence-corrected chi connectivity index (χ1v) is 16.8. The number of fused-ring (bicyclic) bond motifs is 7. The van der Waals surface area contributed by atoms with E-state index in [0.717, 1.165) is 44.1 Å². The van der Waals surface area contributed by atoms with Crippen molar-refractivity contribution in [1.29, 1.82) is 0 Å². The van der Waals surface area contributed by atoms with Crippen LogP contribution < -0.4 is 10.1 Å². The number of para-hydroxylation sites is 2. The van der Waals surface area contributed by atoms with E-state index in [9.17, 15) is 24.9 Å². The van der Waals surface area contributed by atoms with Gasteiger partial charge in [-0.25, -0.2) is 0 Å². The lowest BCUT2D eigenvalue weighted by molar-refractivity contribution is -0.238. The predicted molar refractivity (Wildman–Crippen MR) is 170 cm³/mol. The van der Waals surface area contributed by atoms with E-state index >= 15 is 0 Å². The first-order valence-electron chi connectivity index (χ1n) is 16.8. The molecule has 44 heavy (non-hydrogen) atoms. The highest BCUT2D eigenvalue weighted by Crippen LogP contribution is 2.75. The molecule has 4 fully saturated rings. The molecule has 0 aliphatic heterocycles. The summed E-state index contributed by atoms with van der Waals surface area (Å²) < 4.78 is 5.56. The van der Waals surface area contributed by atoms with Gasteiger partial charge in [-0.1, -0.05) is 59.2 Å². The summed E-state index contributed by atoms with van der Waals surface area (Å²) in [6, 6.07) is 7.54. The minimum atomic E-state index is -1.03. The molecule has 7 nitrogen and oxygen atoms in total. The van der Waals surface area contributed by atoms with E-state index < -0.39 is 28.5 Å². The Morgan fingerprint density at radius 3 is 2.41 bits per heavy atom. The Labute approximate surface area is 262 Å². The highest BCUT2D eigenvalue weighted by Gasteiger charge is 2.72. The predicted octanol–water partition coefficient (Wildman–Crippen LogP) is 5.77. The summed E-state index contributed by atoms with van der Waals surface area (Å²) >= 11 is 0. The number of aliphatic hydroxyl groups excluding tert-OH is 3. The molecule has 12 atom stereocenters. The quantitative estimate of drug-likeness (QED) is 0.345. The highest BCUT2D eigenvalue weighted by atomic mass is 16.5. The molecule has 0 spiro atoms. The van der Waals surface area contributed by atoms with E-state index in [1.165, 1.54) is 0 Å². The number of hydrogen-bond donors (Lipinski definition) is 4. The molecule has 4 saturated carbocycles. The average molecular weight is 608 g/mol. The summed E-state index contributed by atoms with van der Waals surface area (Å²) in [5, 5.41) is 36.0. The van der Waals surface area contributed by atoms with E-state index in [1.807, 2.05) is 37.3 Å². The molecule has 0 radical (unpaired) electrons. The van der Waals surface area contributed by atoms with Gasteiger partial charge in [-0.2, -0.15) is 0 Å². The van der Waals surface area contributed by atoms with E-state index in [2.05, 4.69) is 39.9 Å². The lowest BCUT2D eigenvalue weighted by Crippen LogP contribution is -2.70. The Bertz CT molecular complexity index is 1380. The van der Waals surface area contributed by atoms with Gasteiger partial charge in [0.2, 0.25) is 5.91 Å². The maximum absolute atomic E-state index is 14.7. The SMILES string of the molecule is COc1ccccc1NC(=O)[C@]12CC[C@@H](C)[C@H](C)[C@H]1C1=CC(=O)[C@@H]3[C@@]4(C)C[C@@H](O)[C@H](O)[C@@](C)(CO)[C@@H]4CC[C@@]3(C)[C@]1(C)CC2. The topological polar surface area (TPSA) is 116 Å². The summed E-state index contributed by atoms with van der Waals surface area (Å²) in [6.07, 6.45) is 5.10. The summed E-state index contributed by atoms with van der Waals surface area (Å²) in [7, 11) is 1.61. The third kappa shape index (κ3) is 3.97. The monoisotopic (exact) mass is 607 g/mol. The van der Waals surface area contributed by atoms with Crippen molar-refractivity contribution in [3.63, 3.8) is 0 Å². The van der Waals surface area contributed by atoms with Crippen LogP contribution in [0.25, 0.3) is 0 Å². The number of hydrogen-bond acceptors (Lipinski definition) is 6. The van der Waals surface area contributed by atoms with Gasteiger partial charge in [0, 0.05) is 11.3 Å². The Morgan fingerprint density at radius 2 is 1.73 bits per heavy atom. The maximum Gasteiger partial charge on any atom is 0.231 e. The van der Waals surface area contributed by atoms with E-state index in [0.29, 0.717) is 23.8 Å². The molecule has 0 aromatic heterocycles. The van der Waals surface area contributed by atoms with Crippen LogP contribution in [-0.4, -0.2) is 52.9 Å². The molecule has 7 heteroatoms. The lowest BCUT2D eigenvalue weighted by atomic mass is 9.33. The van der Waals surface area contributed by atoms with Crippen LogP contribution in [-0.2, 0) is 9.59 Å². The minimum absolute atomic E-state index is 0.0206. The third-order valence-electron chi connectivity index (χ3n) is 14.6. The van der Waals surface area contributed by atoms with Gasteiger partial charge in [-0.05, 0) is 103 Å². The number of nitrogens with one attached hydrogen (secondary N) is 1. The van der Waals surface area contributed by atoms with Gasteiger partial charge < -0.3 is 25.4 Å². The van der Waals surface area contributed by atoms with Crippen LogP contribution in [0.15, 0.2) is 35.9 Å². The van der Waals surface area contributed by atoms with Crippen LogP contribution >= 0.6 is 0 Å². The molecule has 4 N–H and O–H groups in total. The molecule has 5 aliphatic carbocycles. The van der Waals surface area contributed by atoms with Gasteiger partial charge in [0.25, 0.3) is 0 Å². The van der Waals surface area contributed by atoms with Gasteiger partial charge in [-0.15, -0.1) is 0 Å². The number of ether oxygens (including phenoxy) is 1. The number of anilines is 1. The molecule has 0 heterocycles. The Balaban J connectivity index is 1.46. The third-order valence-corrected chi connectivity index (χ3v) is 14.6. The fourth-order valence-electron chi connectivity index (χ4n) is 11.9. The van der Waals surface area contributed by atoms with Gasteiger partial charge in [0.15, 0.2) is 5.78 Å². The highest BCUT2D eigenvalue weighted by molar-refractivity contribution is 5.99. The largest absolute Gasteiger partial charge is 0.495 e. The molecule has 0 bridgehead atoms. The molecule has 1 aromatic rings. The van der Waals surface area contributed by atoms with Gasteiger partial charge in [0.1, 0.15) is 5.75 Å². The standard InChI is InChI=1S/C37H53NO6/c1-21-12-15-37(32(43)38-24-10-8-9-11-27(24)44-7)17-16-35(5)23(29(37)22(21)2)18-25(40)30-33(3)19-26(41)31(42)34(4,20-39)28(33)13-14-36(30,35)6/h8-11,18,21-22,26,28-31,39,41-42H,12-17,19-20H2,1-7H3,(H,38,43)/t21-,22+,26-,28-,29+,30-,31+,33+,34+,35-,36-,37+/m1/s1. The number of amides is 1. The molecular weight excluding hydrogens is 554 g/mol. The second kappa shape index (κ2) is 10.4. The number of methoxy groups -OCH3 is 1. The summed E-state index contributed by atoms with van der Waals surface area (Å²) in [4.78, 5) is 29.2. The molecular formula is C37H53NO6. The number of carbonyl (C=O) groups is 2. The summed E-state index contributed by atoms with van der Waals surface area (Å²) in [5.74, 6) is 0.882. The first-order chi connectivity index (χ1) is 20.6. The van der Waals surface area contributed by atoms with Crippen LogP contribution in [0.3, 0.4) is 0 Å².